The Kier molecular flexibility index (Phi) is 7.09. The Morgan fingerprint density at radius 2 is 1.52 bits per heavy atom. The molecule has 4 rings (SSSR count). The van der Waals surface area contributed by atoms with Crippen LogP contribution in [0.4, 0.5) is 0 Å². The van der Waals surface area contributed by atoms with Crippen LogP contribution in [0, 0.1) is 5.92 Å². The Hall–Kier alpha value is -1.76. The summed E-state index contributed by atoms with van der Waals surface area (Å²) in [5.41, 5.74) is 6.01. The van der Waals surface area contributed by atoms with Gasteiger partial charge in [-0.05, 0) is 72.3 Å². The lowest BCUT2D eigenvalue weighted by Crippen LogP contribution is -2.51. The summed E-state index contributed by atoms with van der Waals surface area (Å²) in [6.45, 7) is -0.00767. The maximum Gasteiger partial charge on any atom is 0.107 e. The maximum atomic E-state index is 10.6. The predicted molar refractivity (Wildman–Crippen MR) is 119 cm³/mol. The summed E-state index contributed by atoms with van der Waals surface area (Å²) in [6, 6.07) is 14.9. The highest BCUT2D eigenvalue weighted by molar-refractivity contribution is 5.42. The van der Waals surface area contributed by atoms with Gasteiger partial charge < -0.3 is 25.5 Å². The molecule has 2 aromatic rings. The largest absolute Gasteiger partial charge is 0.396 e. The first-order chi connectivity index (χ1) is 15.0. The van der Waals surface area contributed by atoms with Crippen molar-refractivity contribution in [2.75, 3.05) is 13.2 Å². The van der Waals surface area contributed by atoms with Crippen LogP contribution in [-0.4, -0.2) is 57.1 Å². The topological polar surface area (TPSA) is 101 Å². The van der Waals surface area contributed by atoms with Gasteiger partial charge in [-0.25, -0.2) is 0 Å². The smallest absolute Gasteiger partial charge is 0.107 e. The fraction of sp³-hybridized carbons (Fsp3) is 0.538. The van der Waals surface area contributed by atoms with Crippen LogP contribution >= 0.6 is 0 Å². The molecule has 2 fully saturated rings. The molecule has 2 aliphatic carbocycles. The maximum absolute atomic E-state index is 10.6. The zero-order valence-electron chi connectivity index (χ0n) is 17.9. The Balaban J connectivity index is 1.58. The summed E-state index contributed by atoms with van der Waals surface area (Å²) in [5, 5.41) is 49.7. The summed E-state index contributed by atoms with van der Waals surface area (Å²) in [4.78, 5) is 0. The average molecular weight is 427 g/mol. The molecule has 0 spiro atoms. The molecule has 2 aromatic carbocycles. The summed E-state index contributed by atoms with van der Waals surface area (Å²) >= 11 is 0. The molecule has 0 bridgehead atoms. The second-order valence-electron chi connectivity index (χ2n) is 9.31. The molecule has 0 aromatic heterocycles. The fourth-order valence-corrected chi connectivity index (χ4v) is 4.97. The zero-order valence-corrected chi connectivity index (χ0v) is 17.9. The number of hydrogen-bond acceptors (Lipinski definition) is 5. The first-order valence-corrected chi connectivity index (χ1v) is 11.5. The Bertz CT molecular complexity index is 859. The third-order valence-corrected chi connectivity index (χ3v) is 7.04. The van der Waals surface area contributed by atoms with Gasteiger partial charge in [-0.1, -0.05) is 42.5 Å². The molecule has 5 atom stereocenters. The van der Waals surface area contributed by atoms with Gasteiger partial charge in [0.2, 0.25) is 0 Å². The van der Waals surface area contributed by atoms with Crippen molar-refractivity contribution >= 4 is 0 Å². The van der Waals surface area contributed by atoms with E-state index >= 15 is 0 Å². The SMILES string of the molecule is OCCCc1ccc(Cc2cc([C@@H]3C[C@H](CO)[C@@H](O)[C@H](O)[C@H]3O)ccc2C2CC2)cc1. The van der Waals surface area contributed by atoms with Gasteiger partial charge in [0.15, 0.2) is 0 Å². The molecule has 0 radical (unpaired) electrons. The van der Waals surface area contributed by atoms with Gasteiger partial charge in [0.1, 0.15) is 6.10 Å². The van der Waals surface area contributed by atoms with Crippen LogP contribution in [-0.2, 0) is 12.8 Å². The monoisotopic (exact) mass is 426 g/mol. The van der Waals surface area contributed by atoms with Gasteiger partial charge in [-0.3, -0.25) is 0 Å². The van der Waals surface area contributed by atoms with Crippen molar-refractivity contribution in [3.63, 3.8) is 0 Å². The first-order valence-electron chi connectivity index (χ1n) is 11.5. The third-order valence-electron chi connectivity index (χ3n) is 7.04. The van der Waals surface area contributed by atoms with Crippen molar-refractivity contribution in [1.29, 1.82) is 0 Å². The van der Waals surface area contributed by atoms with Gasteiger partial charge >= 0.3 is 0 Å². The van der Waals surface area contributed by atoms with E-state index in [1.54, 1.807) is 0 Å². The van der Waals surface area contributed by atoms with Gasteiger partial charge in [0.05, 0.1) is 12.2 Å². The molecular formula is C26H34O5. The molecule has 5 heteroatoms. The Morgan fingerprint density at radius 3 is 2.16 bits per heavy atom. The molecule has 0 aliphatic heterocycles. The molecule has 5 nitrogen and oxygen atoms in total. The van der Waals surface area contributed by atoms with Crippen molar-refractivity contribution < 1.29 is 25.5 Å². The molecule has 2 saturated carbocycles. The Morgan fingerprint density at radius 1 is 0.806 bits per heavy atom. The van der Waals surface area contributed by atoms with Crippen LogP contribution in [0.25, 0.3) is 0 Å². The Labute approximate surface area is 184 Å². The zero-order chi connectivity index (χ0) is 22.0. The van der Waals surface area contributed by atoms with Crippen molar-refractivity contribution in [3.05, 3.63) is 70.3 Å². The molecule has 5 N–H and O–H groups in total. The van der Waals surface area contributed by atoms with Crippen LogP contribution in [0.5, 0.6) is 0 Å². The van der Waals surface area contributed by atoms with Crippen LogP contribution in [0.2, 0.25) is 0 Å². The van der Waals surface area contributed by atoms with E-state index in [9.17, 15) is 20.4 Å². The predicted octanol–water partition coefficient (Wildman–Crippen LogP) is 2.26. The first kappa shape index (κ1) is 22.4. The van der Waals surface area contributed by atoms with E-state index in [0.717, 1.165) is 24.8 Å². The van der Waals surface area contributed by atoms with Gasteiger partial charge in [0.25, 0.3) is 0 Å². The third kappa shape index (κ3) is 5.02. The number of aliphatic hydroxyl groups is 5. The van der Waals surface area contributed by atoms with Gasteiger partial charge in [0, 0.05) is 25.0 Å². The van der Waals surface area contributed by atoms with E-state index in [1.807, 2.05) is 6.07 Å². The van der Waals surface area contributed by atoms with Crippen molar-refractivity contribution in [3.8, 4) is 0 Å². The number of aryl methyl sites for hydroxylation is 1. The standard InChI is InChI=1S/C26H34O5/c27-11-1-2-16-3-5-17(6-4-16)12-20-13-19(9-10-22(20)18-7-8-18)23-14-21(15-28)24(29)26(31)25(23)30/h3-6,9-10,13,18,21,23-31H,1-2,7-8,11-12,14-15H2/t21-,23+,24-,25+,26+/m1/s1. The number of hydrogen-bond donors (Lipinski definition) is 5. The van der Waals surface area contributed by atoms with Crippen LogP contribution in [0.3, 0.4) is 0 Å². The lowest BCUT2D eigenvalue weighted by molar-refractivity contribution is -0.127. The lowest BCUT2D eigenvalue weighted by atomic mass is 9.72. The molecule has 168 valence electrons. The van der Waals surface area contributed by atoms with E-state index in [1.165, 1.54) is 35.1 Å². The highest BCUT2D eigenvalue weighted by atomic mass is 16.4. The van der Waals surface area contributed by atoms with Crippen molar-refractivity contribution in [2.24, 2.45) is 5.92 Å². The van der Waals surface area contributed by atoms with Crippen molar-refractivity contribution in [2.45, 2.75) is 68.7 Å². The highest BCUT2D eigenvalue weighted by Crippen LogP contribution is 2.44. The van der Waals surface area contributed by atoms with Crippen LogP contribution < -0.4 is 0 Å². The molecule has 31 heavy (non-hydrogen) atoms. The number of rotatable bonds is 8. The summed E-state index contributed by atoms with van der Waals surface area (Å²) in [7, 11) is 0. The fourth-order valence-electron chi connectivity index (χ4n) is 4.97. The summed E-state index contributed by atoms with van der Waals surface area (Å²) in [6.07, 6.45) is 1.88. The van der Waals surface area contributed by atoms with Gasteiger partial charge in [-0.15, -0.1) is 0 Å². The molecule has 0 saturated heterocycles. The van der Waals surface area contributed by atoms with Crippen LogP contribution in [0.1, 0.15) is 65.3 Å². The summed E-state index contributed by atoms with van der Waals surface area (Å²) in [5.74, 6) is -0.161. The van der Waals surface area contributed by atoms with E-state index < -0.39 is 24.2 Å². The molecule has 0 amide bonds. The second kappa shape index (κ2) is 9.80. The molecule has 0 heterocycles. The second-order valence-corrected chi connectivity index (χ2v) is 9.31. The average Bonchev–Trinajstić information content (AvgIpc) is 3.63. The van der Waals surface area contributed by atoms with E-state index in [4.69, 9.17) is 5.11 Å². The van der Waals surface area contributed by atoms with E-state index in [2.05, 4.69) is 36.4 Å². The lowest BCUT2D eigenvalue weighted by Gasteiger charge is -2.40. The van der Waals surface area contributed by atoms with Crippen LogP contribution in [0.15, 0.2) is 42.5 Å². The van der Waals surface area contributed by atoms with E-state index in [-0.39, 0.29) is 19.1 Å². The number of benzene rings is 2. The quantitative estimate of drug-likeness (QED) is 0.446. The van der Waals surface area contributed by atoms with Gasteiger partial charge in [-0.2, -0.15) is 0 Å². The summed E-state index contributed by atoms with van der Waals surface area (Å²) < 4.78 is 0. The normalized spacial score (nSPS) is 28.6. The number of aliphatic hydroxyl groups excluding tert-OH is 5. The molecule has 0 unspecified atom stereocenters. The highest BCUT2D eigenvalue weighted by Gasteiger charge is 2.43. The minimum atomic E-state index is -1.26. The molecular weight excluding hydrogens is 392 g/mol. The van der Waals surface area contributed by atoms with Crippen molar-refractivity contribution in [1.82, 2.24) is 0 Å². The minimum Gasteiger partial charge on any atom is -0.396 e. The minimum absolute atomic E-state index is 0.204. The van der Waals surface area contributed by atoms with E-state index in [0.29, 0.717) is 12.3 Å². The molecule has 2 aliphatic rings.